The van der Waals surface area contributed by atoms with Crippen molar-refractivity contribution >= 4 is 34.7 Å². The van der Waals surface area contributed by atoms with Crippen LogP contribution in [0.15, 0.2) is 71.5 Å². The lowest BCUT2D eigenvalue weighted by Crippen LogP contribution is -2.40. The molecule has 2 saturated carbocycles. The van der Waals surface area contributed by atoms with Gasteiger partial charge in [-0.2, -0.15) is 0 Å². The van der Waals surface area contributed by atoms with Gasteiger partial charge in [-0.3, -0.25) is 9.36 Å². The first-order valence-corrected chi connectivity index (χ1v) is 16.8. The Kier molecular flexibility index (Phi) is 7.09. The van der Waals surface area contributed by atoms with Crippen LogP contribution in [-0.2, 0) is 9.47 Å². The van der Waals surface area contributed by atoms with Crippen LogP contribution in [0.5, 0.6) is 0 Å². The van der Waals surface area contributed by atoms with Gasteiger partial charge < -0.3 is 19.7 Å². The number of amides is 2. The van der Waals surface area contributed by atoms with Gasteiger partial charge in [0.25, 0.3) is 5.56 Å². The number of carbonyl (C=O) groups excluding carboxylic acids is 2. The predicted molar refractivity (Wildman–Crippen MR) is 179 cm³/mol. The maximum Gasteiger partial charge on any atom is 0.410 e. The highest BCUT2D eigenvalue weighted by atomic mass is 35.5. The van der Waals surface area contributed by atoms with Gasteiger partial charge in [0.15, 0.2) is 0 Å². The molecule has 0 radical (unpaired) electrons. The van der Waals surface area contributed by atoms with Crippen molar-refractivity contribution in [2.75, 3.05) is 19.7 Å². The number of nitrogens with zero attached hydrogens (tertiary/aromatic N) is 3. The molecule has 2 amide bonds. The Hall–Kier alpha value is -4.37. The van der Waals surface area contributed by atoms with Crippen molar-refractivity contribution in [2.45, 2.75) is 57.2 Å². The van der Waals surface area contributed by atoms with Crippen LogP contribution in [0.25, 0.3) is 22.0 Å². The zero-order valence-corrected chi connectivity index (χ0v) is 27.4. The number of rotatable bonds is 6. The van der Waals surface area contributed by atoms with Gasteiger partial charge in [0.05, 0.1) is 22.0 Å². The second-order valence-corrected chi connectivity index (χ2v) is 14.7. The van der Waals surface area contributed by atoms with Crippen LogP contribution in [0, 0.1) is 17.8 Å². The van der Waals surface area contributed by atoms with E-state index in [9.17, 15) is 14.4 Å². The Balaban J connectivity index is 1.07. The van der Waals surface area contributed by atoms with Crippen molar-refractivity contribution in [3.63, 3.8) is 0 Å². The molecule has 3 fully saturated rings. The highest BCUT2D eigenvalue weighted by Gasteiger charge is 2.60. The van der Waals surface area contributed by atoms with Gasteiger partial charge >= 0.3 is 12.2 Å². The van der Waals surface area contributed by atoms with E-state index in [0.29, 0.717) is 34.8 Å². The summed E-state index contributed by atoms with van der Waals surface area (Å²) < 4.78 is 13.3. The molecule has 1 unspecified atom stereocenters. The van der Waals surface area contributed by atoms with Crippen LogP contribution in [0.4, 0.5) is 9.59 Å². The van der Waals surface area contributed by atoms with Crippen LogP contribution < -0.4 is 10.9 Å². The summed E-state index contributed by atoms with van der Waals surface area (Å²) in [6.07, 6.45) is 0.926. The number of hydrogen-bond donors (Lipinski definition) is 1. The summed E-state index contributed by atoms with van der Waals surface area (Å²) in [6.45, 7) is 6.72. The average molecular weight is 653 g/mol. The number of carbonyl (C=O) groups is 2. The summed E-state index contributed by atoms with van der Waals surface area (Å²) in [5.41, 5.74) is 4.29. The molecule has 242 valence electrons. The molecule has 1 aromatic heterocycles. The lowest BCUT2D eigenvalue weighted by molar-refractivity contribution is 0.0266. The second kappa shape index (κ2) is 11.1. The number of alkyl carbamates (subject to hydrolysis) is 1. The summed E-state index contributed by atoms with van der Waals surface area (Å²) >= 11 is 6.56. The fourth-order valence-corrected chi connectivity index (χ4v) is 7.92. The quantitative estimate of drug-likeness (QED) is 0.239. The first kappa shape index (κ1) is 30.0. The third-order valence-electron chi connectivity index (χ3n) is 9.99. The van der Waals surface area contributed by atoms with Gasteiger partial charge in [0.2, 0.25) is 0 Å². The minimum absolute atomic E-state index is 0.0644. The Bertz CT molecular complexity index is 1920. The van der Waals surface area contributed by atoms with E-state index in [1.54, 1.807) is 27.7 Å². The van der Waals surface area contributed by atoms with Crippen LogP contribution in [0.3, 0.4) is 0 Å². The number of ether oxygens (including phenoxy) is 2. The van der Waals surface area contributed by atoms with E-state index in [1.807, 2.05) is 45.0 Å². The topological polar surface area (TPSA) is 103 Å². The molecule has 0 bridgehead atoms. The van der Waals surface area contributed by atoms with E-state index in [2.05, 4.69) is 29.6 Å². The molecular formula is C37H37ClN4O5. The number of fused-ring (bicyclic) bond motifs is 5. The molecular weight excluding hydrogens is 616 g/mol. The van der Waals surface area contributed by atoms with Gasteiger partial charge in [-0.15, -0.1) is 0 Å². The lowest BCUT2D eigenvalue weighted by atomic mass is 9.98. The first-order valence-electron chi connectivity index (χ1n) is 16.4. The molecule has 9 nitrogen and oxygen atoms in total. The number of halogens is 1. The third-order valence-corrected chi connectivity index (χ3v) is 10.3. The Labute approximate surface area is 277 Å². The molecule has 3 aliphatic carbocycles. The first-order chi connectivity index (χ1) is 22.6. The summed E-state index contributed by atoms with van der Waals surface area (Å²) in [7, 11) is 0. The predicted octanol–water partition coefficient (Wildman–Crippen LogP) is 7.08. The summed E-state index contributed by atoms with van der Waals surface area (Å²) in [6, 6.07) is 21.1. The van der Waals surface area contributed by atoms with Gasteiger partial charge in [0.1, 0.15) is 18.0 Å². The summed E-state index contributed by atoms with van der Waals surface area (Å²) in [5.74, 6) is 0.738. The normalized spacial score (nSPS) is 22.0. The van der Waals surface area contributed by atoms with Crippen LogP contribution in [0.2, 0.25) is 5.02 Å². The maximum atomic E-state index is 14.2. The number of likely N-dealkylation sites (tertiary alicyclic amines) is 1. The Morgan fingerprint density at radius 3 is 2.21 bits per heavy atom. The van der Waals surface area contributed by atoms with E-state index in [0.717, 1.165) is 35.1 Å². The molecule has 1 saturated heterocycles. The SMILES string of the molecule is CC(C)(C)OC(=O)N1C[C@@H]2C(n3c([C@@H](NC(=O)OCC4c5ccccc5-c5ccccc54)C4CC4)nc4cccc(Cl)c4c3=O)[C@@H]2C1. The monoisotopic (exact) mass is 652 g/mol. The summed E-state index contributed by atoms with van der Waals surface area (Å²) in [5, 5.41) is 3.82. The van der Waals surface area contributed by atoms with Crippen molar-refractivity contribution in [1.82, 2.24) is 19.8 Å². The molecule has 2 heterocycles. The highest BCUT2D eigenvalue weighted by molar-refractivity contribution is 6.35. The Morgan fingerprint density at radius 2 is 1.60 bits per heavy atom. The van der Waals surface area contributed by atoms with E-state index in [1.165, 1.54) is 0 Å². The zero-order valence-electron chi connectivity index (χ0n) is 26.6. The van der Waals surface area contributed by atoms with Crippen molar-refractivity contribution in [3.8, 4) is 11.1 Å². The molecule has 4 aromatic rings. The molecule has 1 N–H and O–H groups in total. The van der Waals surface area contributed by atoms with Gasteiger partial charge in [-0.05, 0) is 73.9 Å². The number of nitrogens with one attached hydrogen (secondary N) is 1. The Morgan fingerprint density at radius 1 is 0.957 bits per heavy atom. The smallest absolute Gasteiger partial charge is 0.410 e. The highest BCUT2D eigenvalue weighted by Crippen LogP contribution is 2.56. The fourth-order valence-electron chi connectivity index (χ4n) is 7.67. The van der Waals surface area contributed by atoms with E-state index >= 15 is 0 Å². The van der Waals surface area contributed by atoms with Gasteiger partial charge in [-0.1, -0.05) is 66.2 Å². The van der Waals surface area contributed by atoms with Crippen LogP contribution in [0.1, 0.15) is 68.6 Å². The standard InChI is InChI=1S/C37H37ClN4O5/c1-37(2,3)47-36(45)41-17-25-26(18-41)32(25)42-33(39-29-14-8-13-28(38)30(29)34(42)43)31(20-15-16-20)40-35(44)46-19-27-23-11-6-4-9-21(23)22-10-5-7-12-24(22)27/h4-14,20,25-27,31-32H,15-19H2,1-3H3,(H,40,44)/t25-,26+,31-,32?/m0/s1. The number of hydrogen-bond acceptors (Lipinski definition) is 6. The second-order valence-electron chi connectivity index (χ2n) is 14.3. The van der Waals surface area contributed by atoms with Crippen molar-refractivity contribution in [2.24, 2.45) is 17.8 Å². The maximum absolute atomic E-state index is 14.2. The summed E-state index contributed by atoms with van der Waals surface area (Å²) in [4.78, 5) is 47.3. The molecule has 10 heteroatoms. The van der Waals surface area contributed by atoms with E-state index in [4.69, 9.17) is 26.1 Å². The molecule has 4 aliphatic rings. The molecule has 0 spiro atoms. The largest absolute Gasteiger partial charge is 0.449 e. The zero-order chi connectivity index (χ0) is 32.6. The van der Waals surface area contributed by atoms with Crippen molar-refractivity contribution in [1.29, 1.82) is 0 Å². The van der Waals surface area contributed by atoms with Gasteiger partial charge in [-0.25, -0.2) is 14.6 Å². The minimum Gasteiger partial charge on any atom is -0.449 e. The van der Waals surface area contributed by atoms with E-state index < -0.39 is 17.7 Å². The van der Waals surface area contributed by atoms with Crippen molar-refractivity contribution in [3.05, 3.63) is 99.1 Å². The molecule has 1 aliphatic heterocycles. The number of aromatic nitrogens is 2. The van der Waals surface area contributed by atoms with E-state index in [-0.39, 0.29) is 48.0 Å². The van der Waals surface area contributed by atoms with Crippen LogP contribution in [-0.4, -0.2) is 51.9 Å². The average Bonchev–Trinajstić information content (AvgIpc) is 3.92. The van der Waals surface area contributed by atoms with Crippen molar-refractivity contribution < 1.29 is 19.1 Å². The van der Waals surface area contributed by atoms with Crippen LogP contribution >= 0.6 is 11.6 Å². The molecule has 47 heavy (non-hydrogen) atoms. The number of benzene rings is 3. The minimum atomic E-state index is -0.589. The third kappa shape index (κ3) is 5.34. The molecule has 8 rings (SSSR count). The fraction of sp³-hybridized carbons (Fsp3) is 0.405. The number of piperidine rings is 1. The molecule has 4 atom stereocenters. The van der Waals surface area contributed by atoms with Gasteiger partial charge in [0, 0.05) is 36.9 Å². The molecule has 3 aromatic carbocycles. The lowest BCUT2D eigenvalue weighted by Gasteiger charge is -2.27.